The van der Waals surface area contributed by atoms with Crippen molar-refractivity contribution in [3.05, 3.63) is 95.3 Å². The van der Waals surface area contributed by atoms with E-state index in [-0.39, 0.29) is 17.3 Å². The first-order valence-corrected chi connectivity index (χ1v) is 8.41. The molecule has 0 aliphatic carbocycles. The van der Waals surface area contributed by atoms with E-state index in [4.69, 9.17) is 0 Å². The number of aromatic hydroxyl groups is 2. The molecule has 3 aromatic carbocycles. The Labute approximate surface area is 147 Å². The lowest BCUT2D eigenvalue weighted by atomic mass is 9.67. The summed E-state index contributed by atoms with van der Waals surface area (Å²) in [4.78, 5) is 0. The zero-order valence-electron chi connectivity index (χ0n) is 14.1. The van der Waals surface area contributed by atoms with E-state index in [2.05, 4.69) is 6.92 Å². The second-order valence-corrected chi connectivity index (χ2v) is 6.26. The first-order valence-electron chi connectivity index (χ1n) is 8.41. The maximum atomic E-state index is 13.5. The highest BCUT2D eigenvalue weighted by Gasteiger charge is 2.35. The summed E-state index contributed by atoms with van der Waals surface area (Å²) >= 11 is 0. The molecular formula is C22H21FO2. The van der Waals surface area contributed by atoms with E-state index >= 15 is 0 Å². The molecule has 2 nitrogen and oxygen atoms in total. The summed E-state index contributed by atoms with van der Waals surface area (Å²) in [5.74, 6) is 0.142. The van der Waals surface area contributed by atoms with Gasteiger partial charge < -0.3 is 10.2 Å². The lowest BCUT2D eigenvalue weighted by Gasteiger charge is -2.36. The minimum atomic E-state index is -0.482. The van der Waals surface area contributed by atoms with Gasteiger partial charge in [-0.25, -0.2) is 4.39 Å². The zero-order chi connectivity index (χ0) is 17.9. The predicted octanol–water partition coefficient (Wildman–Crippen LogP) is 5.37. The molecule has 2 N–H and O–H groups in total. The predicted molar refractivity (Wildman–Crippen MR) is 97.4 cm³/mol. The standard InChI is InChI=1S/C22H21FO2/c1-2-15-22(16-3-9-19(23)10-4-16,17-5-11-20(24)12-6-17)18-7-13-21(25)14-8-18/h3-14,24-25H,2,15H2,1H3. The molecule has 0 heterocycles. The van der Waals surface area contributed by atoms with E-state index in [1.165, 1.54) is 12.1 Å². The second-order valence-electron chi connectivity index (χ2n) is 6.26. The smallest absolute Gasteiger partial charge is 0.123 e. The van der Waals surface area contributed by atoms with Gasteiger partial charge in [0.1, 0.15) is 17.3 Å². The molecule has 128 valence electrons. The molecule has 0 bridgehead atoms. The monoisotopic (exact) mass is 336 g/mol. The van der Waals surface area contributed by atoms with Crippen LogP contribution in [-0.2, 0) is 5.41 Å². The number of phenols is 2. The molecule has 0 radical (unpaired) electrons. The van der Waals surface area contributed by atoms with Crippen molar-refractivity contribution in [2.24, 2.45) is 0 Å². The van der Waals surface area contributed by atoms with Gasteiger partial charge in [0.15, 0.2) is 0 Å². The van der Waals surface area contributed by atoms with Crippen LogP contribution >= 0.6 is 0 Å². The average Bonchev–Trinajstić information content (AvgIpc) is 2.62. The molecule has 0 spiro atoms. The Morgan fingerprint density at radius 3 is 1.40 bits per heavy atom. The SMILES string of the molecule is CCCC(c1ccc(O)cc1)(c1ccc(O)cc1)c1ccc(F)cc1. The van der Waals surface area contributed by atoms with Gasteiger partial charge in [-0.3, -0.25) is 0 Å². The Kier molecular flexibility index (Phi) is 4.75. The highest BCUT2D eigenvalue weighted by atomic mass is 19.1. The third-order valence-corrected chi connectivity index (χ3v) is 4.68. The molecule has 0 aromatic heterocycles. The quantitative estimate of drug-likeness (QED) is 0.615. The molecule has 0 saturated carbocycles. The minimum Gasteiger partial charge on any atom is -0.508 e. The normalized spacial score (nSPS) is 11.4. The first kappa shape index (κ1) is 17.0. The summed E-state index contributed by atoms with van der Waals surface area (Å²) in [6.07, 6.45) is 1.73. The summed E-state index contributed by atoms with van der Waals surface area (Å²) in [6, 6.07) is 20.9. The van der Waals surface area contributed by atoms with Gasteiger partial charge in [0.2, 0.25) is 0 Å². The van der Waals surface area contributed by atoms with Gasteiger partial charge in [-0.15, -0.1) is 0 Å². The van der Waals surface area contributed by atoms with Crippen molar-refractivity contribution in [3.63, 3.8) is 0 Å². The van der Waals surface area contributed by atoms with Crippen LogP contribution in [0, 0.1) is 5.82 Å². The molecule has 0 aliphatic heterocycles. The van der Waals surface area contributed by atoms with Gasteiger partial charge in [-0.1, -0.05) is 49.7 Å². The van der Waals surface area contributed by atoms with E-state index in [1.54, 1.807) is 24.3 Å². The van der Waals surface area contributed by atoms with Gasteiger partial charge in [0.05, 0.1) is 0 Å². The molecule has 0 amide bonds. The second kappa shape index (κ2) is 6.98. The number of hydrogen-bond acceptors (Lipinski definition) is 2. The van der Waals surface area contributed by atoms with Crippen LogP contribution in [-0.4, -0.2) is 10.2 Å². The van der Waals surface area contributed by atoms with E-state index in [1.807, 2.05) is 36.4 Å². The van der Waals surface area contributed by atoms with Crippen molar-refractivity contribution in [3.8, 4) is 11.5 Å². The highest BCUT2D eigenvalue weighted by molar-refractivity contribution is 5.52. The minimum absolute atomic E-state index is 0.207. The molecule has 0 aliphatic rings. The van der Waals surface area contributed by atoms with Crippen LogP contribution in [0.5, 0.6) is 11.5 Å². The molecule has 3 heteroatoms. The summed E-state index contributed by atoms with van der Waals surface area (Å²) in [5, 5.41) is 19.4. The Balaban J connectivity index is 2.28. The van der Waals surface area contributed by atoms with E-state index in [9.17, 15) is 14.6 Å². The fourth-order valence-electron chi connectivity index (χ4n) is 3.53. The Hall–Kier alpha value is -2.81. The topological polar surface area (TPSA) is 40.5 Å². The fourth-order valence-corrected chi connectivity index (χ4v) is 3.53. The van der Waals surface area contributed by atoms with Crippen LogP contribution in [0.1, 0.15) is 36.5 Å². The van der Waals surface area contributed by atoms with Gasteiger partial charge in [0.25, 0.3) is 0 Å². The first-order chi connectivity index (χ1) is 12.1. The van der Waals surface area contributed by atoms with Crippen molar-refractivity contribution in [1.82, 2.24) is 0 Å². The van der Waals surface area contributed by atoms with Crippen molar-refractivity contribution in [2.45, 2.75) is 25.2 Å². The molecule has 0 saturated heterocycles. The maximum absolute atomic E-state index is 13.5. The van der Waals surface area contributed by atoms with Gasteiger partial charge >= 0.3 is 0 Å². The van der Waals surface area contributed by atoms with Crippen molar-refractivity contribution < 1.29 is 14.6 Å². The van der Waals surface area contributed by atoms with E-state index in [0.29, 0.717) is 0 Å². The molecule has 0 atom stereocenters. The molecule has 25 heavy (non-hydrogen) atoms. The third-order valence-electron chi connectivity index (χ3n) is 4.68. The largest absolute Gasteiger partial charge is 0.508 e. The molecule has 3 aromatic rings. The average molecular weight is 336 g/mol. The van der Waals surface area contributed by atoms with Crippen LogP contribution in [0.15, 0.2) is 72.8 Å². The third kappa shape index (κ3) is 3.22. The lowest BCUT2D eigenvalue weighted by molar-refractivity contribution is 0.472. The lowest BCUT2D eigenvalue weighted by Crippen LogP contribution is -2.29. The van der Waals surface area contributed by atoms with Crippen molar-refractivity contribution >= 4 is 0 Å². The van der Waals surface area contributed by atoms with Gasteiger partial charge in [-0.05, 0) is 59.5 Å². The Morgan fingerprint density at radius 2 is 1.04 bits per heavy atom. The molecule has 0 unspecified atom stereocenters. The Bertz CT molecular complexity index is 710. The number of phenolic OH excluding ortho intramolecular Hbond substituents is 2. The highest BCUT2D eigenvalue weighted by Crippen LogP contribution is 2.43. The number of benzene rings is 3. The van der Waals surface area contributed by atoms with Crippen molar-refractivity contribution in [2.75, 3.05) is 0 Å². The molecular weight excluding hydrogens is 315 g/mol. The Morgan fingerprint density at radius 1 is 0.680 bits per heavy atom. The summed E-state index contributed by atoms with van der Waals surface area (Å²) in [7, 11) is 0. The van der Waals surface area contributed by atoms with Crippen LogP contribution in [0.25, 0.3) is 0 Å². The maximum Gasteiger partial charge on any atom is 0.123 e. The summed E-state index contributed by atoms with van der Waals surface area (Å²) < 4.78 is 13.5. The molecule has 3 rings (SSSR count). The number of halogens is 1. The van der Waals surface area contributed by atoms with Crippen molar-refractivity contribution in [1.29, 1.82) is 0 Å². The van der Waals surface area contributed by atoms with E-state index in [0.717, 1.165) is 29.5 Å². The number of rotatable bonds is 5. The van der Waals surface area contributed by atoms with Crippen LogP contribution in [0.3, 0.4) is 0 Å². The number of hydrogen-bond donors (Lipinski definition) is 2. The van der Waals surface area contributed by atoms with Gasteiger partial charge in [-0.2, -0.15) is 0 Å². The van der Waals surface area contributed by atoms with E-state index < -0.39 is 5.41 Å². The summed E-state index contributed by atoms with van der Waals surface area (Å²) in [6.45, 7) is 2.11. The molecule has 0 fully saturated rings. The summed E-state index contributed by atoms with van der Waals surface area (Å²) in [5.41, 5.74) is 2.53. The van der Waals surface area contributed by atoms with Gasteiger partial charge in [0, 0.05) is 5.41 Å². The van der Waals surface area contributed by atoms with Crippen LogP contribution in [0.2, 0.25) is 0 Å². The van der Waals surface area contributed by atoms with Crippen LogP contribution in [0.4, 0.5) is 4.39 Å². The zero-order valence-corrected chi connectivity index (χ0v) is 14.1. The fraction of sp³-hybridized carbons (Fsp3) is 0.182. The van der Waals surface area contributed by atoms with Crippen LogP contribution < -0.4 is 0 Å².